The van der Waals surface area contributed by atoms with Gasteiger partial charge in [0.05, 0.1) is 27.8 Å². The maximum Gasteiger partial charge on any atom is 0.238 e. The summed E-state index contributed by atoms with van der Waals surface area (Å²) in [5.74, 6) is -1.29. The van der Waals surface area contributed by atoms with E-state index in [1.54, 1.807) is 6.07 Å². The zero-order valence-corrected chi connectivity index (χ0v) is 19.8. The highest BCUT2D eigenvalue weighted by Crippen LogP contribution is 2.48. The summed E-state index contributed by atoms with van der Waals surface area (Å²) in [7, 11) is -4.03. The van der Waals surface area contributed by atoms with E-state index in [-0.39, 0.29) is 35.2 Å². The second-order valence-electron chi connectivity index (χ2n) is 7.58. The highest BCUT2D eigenvalue weighted by Gasteiger charge is 2.55. The van der Waals surface area contributed by atoms with Gasteiger partial charge in [0.25, 0.3) is 0 Å². The van der Waals surface area contributed by atoms with Crippen LogP contribution < -0.4 is 4.72 Å². The van der Waals surface area contributed by atoms with Gasteiger partial charge in [-0.25, -0.2) is 17.2 Å². The van der Waals surface area contributed by atoms with Crippen molar-refractivity contribution in [1.29, 1.82) is 0 Å². The highest BCUT2D eigenvalue weighted by atomic mass is 127. The number of aliphatic hydroxyl groups excluding tert-OH is 2. The summed E-state index contributed by atoms with van der Waals surface area (Å²) in [6.45, 7) is -0.554. The van der Waals surface area contributed by atoms with Crippen molar-refractivity contribution in [3.05, 3.63) is 50.6 Å². The number of aliphatic hydroxyl groups is 2. The van der Waals surface area contributed by atoms with Crippen molar-refractivity contribution in [2.45, 2.75) is 36.5 Å². The molecular weight excluding hydrogens is 563 g/mol. The molecule has 166 valence electrons. The Morgan fingerprint density at radius 3 is 2.68 bits per heavy atom. The number of fused-ring (bicyclic) bond motifs is 1. The molecule has 3 N–H and O–H groups in total. The number of nitrogens with zero attached hydrogens (tertiary/aromatic N) is 2. The number of nitrogens with one attached hydrogen (secondary N) is 1. The third-order valence-corrected chi connectivity index (χ3v) is 8.96. The molecule has 0 aliphatic heterocycles. The Morgan fingerprint density at radius 2 is 2.03 bits per heavy atom. The van der Waals surface area contributed by atoms with Crippen molar-refractivity contribution in [2.75, 3.05) is 11.3 Å². The van der Waals surface area contributed by atoms with E-state index in [9.17, 15) is 17.9 Å². The molecule has 12 heteroatoms. The Hall–Kier alpha value is -1.48. The predicted molar refractivity (Wildman–Crippen MR) is 122 cm³/mol. The Kier molecular flexibility index (Phi) is 6.20. The summed E-state index contributed by atoms with van der Waals surface area (Å²) in [5, 5.41) is 22.6. The van der Waals surface area contributed by atoms with Crippen molar-refractivity contribution in [1.82, 2.24) is 9.59 Å². The van der Waals surface area contributed by atoms with Crippen LogP contribution in [0.25, 0.3) is 10.2 Å². The molecule has 7 nitrogen and oxygen atoms in total. The minimum atomic E-state index is -4.03. The Balaban J connectivity index is 1.76. The lowest BCUT2D eigenvalue weighted by molar-refractivity contribution is 0.0858. The SMILES string of the molecule is O=S(=O)(Nc1cc2snnc2c(F)c1Cc1ccc(I)cc1F)C1(CC(O)CO)CC1. The first kappa shape index (κ1) is 22.7. The van der Waals surface area contributed by atoms with Gasteiger partial charge in [0.1, 0.15) is 11.3 Å². The van der Waals surface area contributed by atoms with Gasteiger partial charge in [-0.05, 0) is 77.1 Å². The largest absolute Gasteiger partial charge is 0.394 e. The molecule has 2 aromatic carbocycles. The monoisotopic (exact) mass is 581 g/mol. The van der Waals surface area contributed by atoms with Crippen molar-refractivity contribution < 1.29 is 27.4 Å². The van der Waals surface area contributed by atoms with Gasteiger partial charge in [-0.3, -0.25) is 4.72 Å². The van der Waals surface area contributed by atoms with Gasteiger partial charge in [0.2, 0.25) is 10.0 Å². The minimum absolute atomic E-state index is 0.00861. The fraction of sp³-hybridized carbons (Fsp3) is 0.368. The van der Waals surface area contributed by atoms with Crippen LogP contribution in [-0.4, -0.2) is 45.7 Å². The number of hydrogen-bond donors (Lipinski definition) is 3. The maximum atomic E-state index is 15.3. The summed E-state index contributed by atoms with van der Waals surface area (Å²) in [6.07, 6.45) is -0.871. The molecule has 1 aromatic heterocycles. The van der Waals surface area contributed by atoms with Crippen LogP contribution in [0, 0.1) is 15.2 Å². The van der Waals surface area contributed by atoms with E-state index in [2.05, 4.69) is 14.3 Å². The first-order chi connectivity index (χ1) is 14.7. The van der Waals surface area contributed by atoms with Crippen LogP contribution in [-0.2, 0) is 16.4 Å². The normalized spacial score (nSPS) is 16.4. The number of halogens is 3. The molecule has 1 unspecified atom stereocenters. The van der Waals surface area contributed by atoms with Gasteiger partial charge in [-0.1, -0.05) is 10.6 Å². The van der Waals surface area contributed by atoms with Crippen LogP contribution in [0.1, 0.15) is 30.4 Å². The smallest absolute Gasteiger partial charge is 0.238 e. The molecule has 0 bridgehead atoms. The van der Waals surface area contributed by atoms with E-state index >= 15 is 4.39 Å². The van der Waals surface area contributed by atoms with Gasteiger partial charge in [0.15, 0.2) is 5.82 Å². The third-order valence-electron chi connectivity index (χ3n) is 5.41. The Morgan fingerprint density at radius 1 is 1.29 bits per heavy atom. The molecule has 1 fully saturated rings. The van der Waals surface area contributed by atoms with Crippen molar-refractivity contribution in [3.63, 3.8) is 0 Å². The summed E-state index contributed by atoms with van der Waals surface area (Å²) in [4.78, 5) is 0. The number of hydrogen-bond acceptors (Lipinski definition) is 7. The van der Waals surface area contributed by atoms with Gasteiger partial charge in [0, 0.05) is 15.6 Å². The van der Waals surface area contributed by atoms with Gasteiger partial charge >= 0.3 is 0 Å². The molecular formula is C19H18F2IN3O4S2. The lowest BCUT2D eigenvalue weighted by atomic mass is 10.0. The predicted octanol–water partition coefficient (Wildman–Crippen LogP) is 3.18. The van der Waals surface area contributed by atoms with Crippen molar-refractivity contribution in [3.8, 4) is 0 Å². The van der Waals surface area contributed by atoms with E-state index in [0.29, 0.717) is 21.1 Å². The van der Waals surface area contributed by atoms with E-state index in [4.69, 9.17) is 5.11 Å². The fourth-order valence-electron chi connectivity index (χ4n) is 3.51. The van der Waals surface area contributed by atoms with Crippen molar-refractivity contribution in [2.24, 2.45) is 0 Å². The van der Waals surface area contributed by atoms with Crippen LogP contribution in [0.15, 0.2) is 24.3 Å². The quantitative estimate of drug-likeness (QED) is 0.353. The number of rotatable bonds is 8. The number of sulfonamides is 1. The Labute approximate surface area is 194 Å². The molecule has 1 aliphatic rings. The molecule has 3 aromatic rings. The molecule has 31 heavy (non-hydrogen) atoms. The highest BCUT2D eigenvalue weighted by molar-refractivity contribution is 14.1. The van der Waals surface area contributed by atoms with Crippen LogP contribution in [0.5, 0.6) is 0 Å². The summed E-state index contributed by atoms with van der Waals surface area (Å²) in [6, 6.07) is 5.96. The van der Waals surface area contributed by atoms with Gasteiger partial charge in [-0.2, -0.15) is 0 Å². The van der Waals surface area contributed by atoms with Gasteiger partial charge in [-0.15, -0.1) is 5.10 Å². The van der Waals surface area contributed by atoms with Crippen LogP contribution >= 0.6 is 34.1 Å². The first-order valence-corrected chi connectivity index (χ1v) is 12.7. The second-order valence-corrected chi connectivity index (χ2v) is 11.7. The number of anilines is 1. The fourth-order valence-corrected chi connectivity index (χ4v) is 6.30. The lowest BCUT2D eigenvalue weighted by Crippen LogP contribution is -2.34. The van der Waals surface area contributed by atoms with Crippen LogP contribution in [0.3, 0.4) is 0 Å². The lowest BCUT2D eigenvalue weighted by Gasteiger charge is -2.21. The maximum absolute atomic E-state index is 15.3. The van der Waals surface area contributed by atoms with E-state index < -0.39 is 39.1 Å². The van der Waals surface area contributed by atoms with E-state index in [1.807, 2.05) is 22.6 Å². The number of aromatic nitrogens is 2. The molecule has 0 spiro atoms. The van der Waals surface area contributed by atoms with E-state index in [0.717, 1.165) is 11.5 Å². The summed E-state index contributed by atoms with van der Waals surface area (Å²) < 4.78 is 61.9. The number of benzene rings is 2. The average Bonchev–Trinajstić information content (AvgIpc) is 3.35. The van der Waals surface area contributed by atoms with Gasteiger partial charge < -0.3 is 10.2 Å². The molecule has 1 atom stereocenters. The van der Waals surface area contributed by atoms with Crippen LogP contribution in [0.2, 0.25) is 0 Å². The third kappa shape index (κ3) is 4.40. The first-order valence-electron chi connectivity index (χ1n) is 9.34. The second kappa shape index (κ2) is 8.46. The molecule has 4 rings (SSSR count). The minimum Gasteiger partial charge on any atom is -0.394 e. The summed E-state index contributed by atoms with van der Waals surface area (Å²) in [5.41, 5.74) is 0.144. The zero-order valence-electron chi connectivity index (χ0n) is 16.0. The topological polar surface area (TPSA) is 112 Å². The van der Waals surface area contributed by atoms with E-state index in [1.165, 1.54) is 18.2 Å². The molecule has 1 saturated carbocycles. The Bertz CT molecular complexity index is 1250. The molecule has 0 radical (unpaired) electrons. The standard InChI is InChI=1S/C19H18F2IN3O4S2/c20-14-6-11(22)2-1-10(14)5-13-15(7-16-18(17(13)21)23-25-30-16)24-31(28,29)19(3-4-19)8-12(27)9-26/h1-2,6-7,12,24,26-27H,3-5,8-9H2. The molecule has 0 saturated heterocycles. The zero-order chi connectivity index (χ0) is 22.4. The summed E-state index contributed by atoms with van der Waals surface area (Å²) >= 11 is 2.88. The molecule has 1 heterocycles. The average molecular weight is 581 g/mol. The molecule has 0 amide bonds. The molecule has 1 aliphatic carbocycles. The van der Waals surface area contributed by atoms with Crippen LogP contribution in [0.4, 0.5) is 14.5 Å². The van der Waals surface area contributed by atoms with Crippen molar-refractivity contribution >= 4 is 60.1 Å².